The Hall–Kier alpha value is -3.61. The van der Waals surface area contributed by atoms with Gasteiger partial charge in [-0.2, -0.15) is 5.10 Å². The molecule has 0 unspecified atom stereocenters. The Bertz CT molecular complexity index is 1120. The fraction of sp³-hybridized carbons (Fsp3) is 0.320. The number of aryl methyl sites for hydroxylation is 3. The van der Waals surface area contributed by atoms with Crippen molar-refractivity contribution in [3.05, 3.63) is 76.6 Å². The maximum atomic E-state index is 13.0. The quantitative estimate of drug-likeness (QED) is 0.421. The van der Waals surface area contributed by atoms with Gasteiger partial charge in [-0.3, -0.25) is 14.8 Å². The van der Waals surface area contributed by atoms with Crippen molar-refractivity contribution >= 4 is 17.6 Å². The van der Waals surface area contributed by atoms with Crippen LogP contribution in [0.4, 0.5) is 5.69 Å². The summed E-state index contributed by atoms with van der Waals surface area (Å²) in [6.07, 6.45) is 0. The molecule has 0 spiro atoms. The number of carbonyl (C=O) groups is 1. The van der Waals surface area contributed by atoms with Crippen molar-refractivity contribution in [2.24, 2.45) is 4.99 Å². The van der Waals surface area contributed by atoms with E-state index in [4.69, 9.17) is 9.73 Å². The number of rotatable bonds is 7. The first-order chi connectivity index (χ1) is 15.4. The second-order valence-corrected chi connectivity index (χ2v) is 7.45. The molecule has 3 aromatic rings. The molecule has 0 saturated heterocycles. The standard InChI is InChI=1S/C25H31N5O2/c1-6-30-19(5)21(18(4)29-30)16-26-25(27-22-14-10-11-15-23(22)32-7-2)28-24(31)20-13-9-8-12-17(20)3/h8-15H,6-7,16H2,1-5H3,(H2,26,27,28,31). The molecule has 0 atom stereocenters. The van der Waals surface area contributed by atoms with E-state index in [0.717, 1.165) is 34.7 Å². The van der Waals surface area contributed by atoms with Crippen LogP contribution in [0.2, 0.25) is 0 Å². The summed E-state index contributed by atoms with van der Waals surface area (Å²) < 4.78 is 7.68. The number of benzene rings is 2. The van der Waals surface area contributed by atoms with E-state index in [1.807, 2.05) is 74.8 Å². The topological polar surface area (TPSA) is 80.5 Å². The summed E-state index contributed by atoms with van der Waals surface area (Å²) >= 11 is 0. The van der Waals surface area contributed by atoms with Crippen LogP contribution in [-0.2, 0) is 13.1 Å². The highest BCUT2D eigenvalue weighted by Gasteiger charge is 2.15. The highest BCUT2D eigenvalue weighted by Crippen LogP contribution is 2.24. The molecule has 0 aliphatic heterocycles. The van der Waals surface area contributed by atoms with Gasteiger partial charge in [-0.1, -0.05) is 30.3 Å². The molecule has 0 aliphatic carbocycles. The van der Waals surface area contributed by atoms with E-state index in [1.165, 1.54) is 0 Å². The summed E-state index contributed by atoms with van der Waals surface area (Å²) in [7, 11) is 0. The minimum absolute atomic E-state index is 0.221. The molecule has 1 heterocycles. The van der Waals surface area contributed by atoms with Gasteiger partial charge in [0.15, 0.2) is 0 Å². The smallest absolute Gasteiger partial charge is 0.258 e. The van der Waals surface area contributed by atoms with Gasteiger partial charge in [0.2, 0.25) is 5.96 Å². The number of carbonyl (C=O) groups excluding carboxylic acids is 1. The number of hydrogen-bond acceptors (Lipinski definition) is 4. The van der Waals surface area contributed by atoms with Crippen LogP contribution in [0.3, 0.4) is 0 Å². The van der Waals surface area contributed by atoms with Crippen LogP contribution in [0, 0.1) is 20.8 Å². The Labute approximate surface area is 189 Å². The predicted octanol–water partition coefficient (Wildman–Crippen LogP) is 4.63. The second-order valence-electron chi connectivity index (χ2n) is 7.45. The number of aromatic nitrogens is 2. The number of para-hydroxylation sites is 2. The van der Waals surface area contributed by atoms with E-state index in [9.17, 15) is 4.79 Å². The van der Waals surface area contributed by atoms with E-state index in [2.05, 4.69) is 22.7 Å². The lowest BCUT2D eigenvalue weighted by Gasteiger charge is -2.15. The first-order valence-corrected chi connectivity index (χ1v) is 10.9. The number of ether oxygens (including phenoxy) is 1. The average molecular weight is 434 g/mol. The molecular weight excluding hydrogens is 402 g/mol. The van der Waals surface area contributed by atoms with Crippen LogP contribution >= 0.6 is 0 Å². The Morgan fingerprint density at radius 1 is 1.06 bits per heavy atom. The SMILES string of the molecule is CCOc1ccccc1NC(=NCc1c(C)nn(CC)c1C)NC(=O)c1ccccc1C. The van der Waals surface area contributed by atoms with Crippen molar-refractivity contribution in [3.63, 3.8) is 0 Å². The van der Waals surface area contributed by atoms with E-state index in [0.29, 0.717) is 30.4 Å². The lowest BCUT2D eigenvalue weighted by atomic mass is 10.1. The summed E-state index contributed by atoms with van der Waals surface area (Å²) in [5, 5.41) is 10.8. The minimum Gasteiger partial charge on any atom is -0.492 e. The van der Waals surface area contributed by atoms with Crippen molar-refractivity contribution in [2.45, 2.75) is 47.7 Å². The maximum Gasteiger partial charge on any atom is 0.258 e. The summed E-state index contributed by atoms with van der Waals surface area (Å²) in [5.74, 6) is 0.827. The molecule has 0 bridgehead atoms. The monoisotopic (exact) mass is 433 g/mol. The van der Waals surface area contributed by atoms with Gasteiger partial charge in [-0.05, 0) is 58.4 Å². The normalized spacial score (nSPS) is 11.3. The van der Waals surface area contributed by atoms with E-state index >= 15 is 0 Å². The molecule has 0 fully saturated rings. The largest absolute Gasteiger partial charge is 0.492 e. The van der Waals surface area contributed by atoms with Crippen molar-refractivity contribution < 1.29 is 9.53 Å². The van der Waals surface area contributed by atoms with Crippen LogP contribution in [-0.4, -0.2) is 28.3 Å². The van der Waals surface area contributed by atoms with Gasteiger partial charge in [-0.25, -0.2) is 4.99 Å². The van der Waals surface area contributed by atoms with Gasteiger partial charge in [0.05, 0.1) is 24.5 Å². The number of hydrogen-bond donors (Lipinski definition) is 2. The predicted molar refractivity (Wildman–Crippen MR) is 128 cm³/mol. The lowest BCUT2D eigenvalue weighted by Crippen LogP contribution is -2.36. The van der Waals surface area contributed by atoms with Gasteiger partial charge in [0, 0.05) is 23.4 Å². The molecule has 2 aromatic carbocycles. The van der Waals surface area contributed by atoms with Crippen LogP contribution < -0.4 is 15.4 Å². The number of nitrogens with one attached hydrogen (secondary N) is 2. The van der Waals surface area contributed by atoms with Gasteiger partial charge in [0.25, 0.3) is 5.91 Å². The van der Waals surface area contributed by atoms with E-state index < -0.39 is 0 Å². The first kappa shape index (κ1) is 23.1. The zero-order valence-electron chi connectivity index (χ0n) is 19.4. The fourth-order valence-corrected chi connectivity index (χ4v) is 3.52. The molecule has 7 nitrogen and oxygen atoms in total. The molecular formula is C25H31N5O2. The first-order valence-electron chi connectivity index (χ1n) is 10.9. The molecule has 1 aromatic heterocycles. The van der Waals surface area contributed by atoms with Gasteiger partial charge in [-0.15, -0.1) is 0 Å². The number of amides is 1. The second kappa shape index (κ2) is 10.6. The average Bonchev–Trinajstić information content (AvgIpc) is 3.06. The molecule has 0 saturated carbocycles. The third kappa shape index (κ3) is 5.35. The fourth-order valence-electron chi connectivity index (χ4n) is 3.52. The van der Waals surface area contributed by atoms with Crippen LogP contribution in [0.5, 0.6) is 5.75 Å². The van der Waals surface area contributed by atoms with Crippen molar-refractivity contribution in [1.82, 2.24) is 15.1 Å². The number of nitrogens with zero attached hydrogens (tertiary/aromatic N) is 3. The third-order valence-electron chi connectivity index (χ3n) is 5.29. The molecule has 168 valence electrons. The molecule has 3 rings (SSSR count). The Morgan fingerprint density at radius 2 is 1.78 bits per heavy atom. The zero-order valence-corrected chi connectivity index (χ0v) is 19.4. The molecule has 32 heavy (non-hydrogen) atoms. The molecule has 7 heteroatoms. The summed E-state index contributed by atoms with van der Waals surface area (Å²) in [6.45, 7) is 11.7. The van der Waals surface area contributed by atoms with E-state index in [1.54, 1.807) is 6.07 Å². The molecule has 2 N–H and O–H groups in total. The number of aliphatic imine (C=N–C) groups is 1. The van der Waals surface area contributed by atoms with Crippen molar-refractivity contribution in [1.29, 1.82) is 0 Å². The molecule has 0 radical (unpaired) electrons. The molecule has 0 aliphatic rings. The van der Waals surface area contributed by atoms with Gasteiger partial charge < -0.3 is 10.1 Å². The van der Waals surface area contributed by atoms with Crippen LogP contribution in [0.25, 0.3) is 0 Å². The van der Waals surface area contributed by atoms with Crippen LogP contribution in [0.15, 0.2) is 53.5 Å². The van der Waals surface area contributed by atoms with Crippen molar-refractivity contribution in [2.75, 3.05) is 11.9 Å². The Kier molecular flexibility index (Phi) is 7.65. The lowest BCUT2D eigenvalue weighted by molar-refractivity contribution is 0.0976. The zero-order chi connectivity index (χ0) is 23.1. The van der Waals surface area contributed by atoms with Gasteiger partial charge >= 0.3 is 0 Å². The third-order valence-corrected chi connectivity index (χ3v) is 5.29. The Balaban J connectivity index is 1.92. The number of guanidine groups is 1. The summed E-state index contributed by atoms with van der Waals surface area (Å²) in [4.78, 5) is 17.7. The number of anilines is 1. The van der Waals surface area contributed by atoms with Crippen LogP contribution in [0.1, 0.15) is 46.7 Å². The van der Waals surface area contributed by atoms with E-state index in [-0.39, 0.29) is 5.91 Å². The highest BCUT2D eigenvalue weighted by molar-refractivity contribution is 6.10. The molecule has 1 amide bonds. The Morgan fingerprint density at radius 3 is 2.47 bits per heavy atom. The van der Waals surface area contributed by atoms with Gasteiger partial charge in [0.1, 0.15) is 5.75 Å². The maximum absolute atomic E-state index is 13.0. The summed E-state index contributed by atoms with van der Waals surface area (Å²) in [5.41, 5.74) is 5.30. The minimum atomic E-state index is -0.221. The summed E-state index contributed by atoms with van der Waals surface area (Å²) in [6, 6.07) is 15.1. The highest BCUT2D eigenvalue weighted by atomic mass is 16.5. The van der Waals surface area contributed by atoms with Crippen molar-refractivity contribution in [3.8, 4) is 5.75 Å².